The van der Waals surface area contributed by atoms with Crippen LogP contribution in [0.25, 0.3) is 0 Å². The fraction of sp³-hybridized carbons (Fsp3) is 0.318. The van der Waals surface area contributed by atoms with E-state index in [9.17, 15) is 14.4 Å². The van der Waals surface area contributed by atoms with Crippen molar-refractivity contribution in [2.24, 2.45) is 0 Å². The van der Waals surface area contributed by atoms with Crippen LogP contribution in [0.4, 0.5) is 5.69 Å². The van der Waals surface area contributed by atoms with Gasteiger partial charge in [-0.1, -0.05) is 42.5 Å². The van der Waals surface area contributed by atoms with Gasteiger partial charge in [-0.05, 0) is 31.5 Å². The Morgan fingerprint density at radius 2 is 1.68 bits per heavy atom. The van der Waals surface area contributed by atoms with Crippen molar-refractivity contribution in [3.63, 3.8) is 0 Å². The first kappa shape index (κ1) is 21.2. The third-order valence-electron chi connectivity index (χ3n) is 4.31. The van der Waals surface area contributed by atoms with Gasteiger partial charge in [0, 0.05) is 19.9 Å². The number of amides is 2. The molecule has 0 heterocycles. The van der Waals surface area contributed by atoms with Gasteiger partial charge in [0.1, 0.15) is 0 Å². The molecule has 28 heavy (non-hydrogen) atoms. The standard InChI is InChI=1S/C22H26N2O4/c1-4-28-22(27)19-12-8-9-13-20(19)24(17(3)25)15-14-21(26)23-16(2)18-10-6-5-7-11-18/h5-13,16H,4,14-15H2,1-3H3,(H,23,26). The van der Waals surface area contributed by atoms with Gasteiger partial charge in [-0.15, -0.1) is 0 Å². The molecule has 0 aromatic heterocycles. The smallest absolute Gasteiger partial charge is 0.340 e. The number of esters is 1. The summed E-state index contributed by atoms with van der Waals surface area (Å²) in [6, 6.07) is 16.3. The van der Waals surface area contributed by atoms with Crippen molar-refractivity contribution in [2.75, 3.05) is 18.1 Å². The zero-order valence-electron chi connectivity index (χ0n) is 16.5. The maximum Gasteiger partial charge on any atom is 0.340 e. The molecule has 0 radical (unpaired) electrons. The second-order valence-corrected chi connectivity index (χ2v) is 6.36. The normalized spacial score (nSPS) is 11.4. The quantitative estimate of drug-likeness (QED) is 0.709. The molecule has 2 amide bonds. The molecule has 0 bridgehead atoms. The molecule has 1 N–H and O–H groups in total. The van der Waals surface area contributed by atoms with E-state index < -0.39 is 5.97 Å². The predicted molar refractivity (Wildman–Crippen MR) is 108 cm³/mol. The van der Waals surface area contributed by atoms with Gasteiger partial charge >= 0.3 is 5.97 Å². The van der Waals surface area contributed by atoms with Crippen LogP contribution in [0.15, 0.2) is 54.6 Å². The van der Waals surface area contributed by atoms with Crippen LogP contribution in [0.1, 0.15) is 49.2 Å². The molecule has 6 nitrogen and oxygen atoms in total. The Hall–Kier alpha value is -3.15. The van der Waals surface area contributed by atoms with E-state index in [1.165, 1.54) is 11.8 Å². The number of hydrogen-bond donors (Lipinski definition) is 1. The van der Waals surface area contributed by atoms with E-state index >= 15 is 0 Å². The number of ether oxygens (including phenoxy) is 1. The zero-order chi connectivity index (χ0) is 20.5. The second-order valence-electron chi connectivity index (χ2n) is 6.36. The Labute approximate surface area is 165 Å². The van der Waals surface area contributed by atoms with Gasteiger partial charge in [-0.25, -0.2) is 4.79 Å². The summed E-state index contributed by atoms with van der Waals surface area (Å²) in [5.41, 5.74) is 1.75. The highest BCUT2D eigenvalue weighted by Crippen LogP contribution is 2.22. The van der Waals surface area contributed by atoms with E-state index in [1.807, 2.05) is 37.3 Å². The molecule has 148 valence electrons. The van der Waals surface area contributed by atoms with Crippen LogP contribution in [0.2, 0.25) is 0 Å². The van der Waals surface area contributed by atoms with E-state index in [0.717, 1.165) is 5.56 Å². The molecule has 1 atom stereocenters. The van der Waals surface area contributed by atoms with Crippen LogP contribution >= 0.6 is 0 Å². The highest BCUT2D eigenvalue weighted by molar-refractivity contribution is 6.02. The summed E-state index contributed by atoms with van der Waals surface area (Å²) in [5, 5.41) is 2.93. The van der Waals surface area contributed by atoms with Crippen molar-refractivity contribution in [2.45, 2.75) is 33.2 Å². The fourth-order valence-corrected chi connectivity index (χ4v) is 2.89. The number of nitrogens with zero attached hydrogens (tertiary/aromatic N) is 1. The molecule has 2 rings (SSSR count). The van der Waals surface area contributed by atoms with Crippen LogP contribution in [-0.4, -0.2) is 30.9 Å². The summed E-state index contributed by atoms with van der Waals surface area (Å²) in [7, 11) is 0. The first-order valence-corrected chi connectivity index (χ1v) is 9.32. The maximum absolute atomic E-state index is 12.4. The van der Waals surface area contributed by atoms with E-state index in [1.54, 1.807) is 31.2 Å². The topological polar surface area (TPSA) is 75.7 Å². The monoisotopic (exact) mass is 382 g/mol. The SMILES string of the molecule is CCOC(=O)c1ccccc1N(CCC(=O)NC(C)c1ccccc1)C(C)=O. The minimum Gasteiger partial charge on any atom is -0.462 e. The van der Waals surface area contributed by atoms with Crippen molar-refractivity contribution >= 4 is 23.5 Å². The third-order valence-corrected chi connectivity index (χ3v) is 4.31. The highest BCUT2D eigenvalue weighted by Gasteiger charge is 2.21. The second kappa shape index (κ2) is 10.3. The van der Waals surface area contributed by atoms with Crippen molar-refractivity contribution in [1.29, 1.82) is 0 Å². The average Bonchev–Trinajstić information content (AvgIpc) is 2.69. The number of carbonyl (C=O) groups excluding carboxylic acids is 3. The molecule has 6 heteroatoms. The zero-order valence-corrected chi connectivity index (χ0v) is 16.5. The number of anilines is 1. The van der Waals surface area contributed by atoms with Crippen LogP contribution in [0.5, 0.6) is 0 Å². The fourth-order valence-electron chi connectivity index (χ4n) is 2.89. The summed E-state index contributed by atoms with van der Waals surface area (Å²) in [5.74, 6) is -0.914. The van der Waals surface area contributed by atoms with Crippen LogP contribution < -0.4 is 10.2 Å². The predicted octanol–water partition coefficient (Wildman–Crippen LogP) is 3.48. The lowest BCUT2D eigenvalue weighted by molar-refractivity contribution is -0.121. The van der Waals surface area contributed by atoms with Crippen molar-refractivity contribution in [1.82, 2.24) is 5.32 Å². The van der Waals surface area contributed by atoms with Gasteiger partial charge in [0.25, 0.3) is 0 Å². The number of nitrogens with one attached hydrogen (secondary N) is 1. The first-order chi connectivity index (χ1) is 13.4. The Morgan fingerprint density at radius 1 is 1.04 bits per heavy atom. The van der Waals surface area contributed by atoms with Crippen molar-refractivity contribution in [3.05, 3.63) is 65.7 Å². The van der Waals surface area contributed by atoms with Crippen molar-refractivity contribution in [3.8, 4) is 0 Å². The largest absolute Gasteiger partial charge is 0.462 e. The van der Waals surface area contributed by atoms with Crippen LogP contribution in [0, 0.1) is 0 Å². The molecule has 0 aliphatic carbocycles. The van der Waals surface area contributed by atoms with E-state index in [0.29, 0.717) is 11.3 Å². The molecule has 0 aliphatic heterocycles. The average molecular weight is 382 g/mol. The Morgan fingerprint density at radius 3 is 2.32 bits per heavy atom. The number of carbonyl (C=O) groups is 3. The minimum atomic E-state index is -0.494. The lowest BCUT2D eigenvalue weighted by Gasteiger charge is -2.23. The molecule has 0 saturated carbocycles. The van der Waals surface area contributed by atoms with Gasteiger partial charge in [0.2, 0.25) is 11.8 Å². The lowest BCUT2D eigenvalue weighted by atomic mass is 10.1. The van der Waals surface area contributed by atoms with E-state index in [4.69, 9.17) is 4.74 Å². The summed E-state index contributed by atoms with van der Waals surface area (Å²) in [4.78, 5) is 38.2. The molecular weight excluding hydrogens is 356 g/mol. The lowest BCUT2D eigenvalue weighted by Crippen LogP contribution is -2.35. The van der Waals surface area contributed by atoms with Gasteiger partial charge < -0.3 is 15.0 Å². The van der Waals surface area contributed by atoms with Gasteiger partial charge in [-0.3, -0.25) is 9.59 Å². The maximum atomic E-state index is 12.4. The van der Waals surface area contributed by atoms with E-state index in [-0.39, 0.29) is 37.4 Å². The Bertz CT molecular complexity index is 820. The number of hydrogen-bond acceptors (Lipinski definition) is 4. The first-order valence-electron chi connectivity index (χ1n) is 9.32. The highest BCUT2D eigenvalue weighted by atomic mass is 16.5. The molecule has 0 spiro atoms. The molecule has 0 saturated heterocycles. The van der Waals surface area contributed by atoms with Crippen molar-refractivity contribution < 1.29 is 19.1 Å². The summed E-state index contributed by atoms with van der Waals surface area (Å²) in [6.45, 7) is 5.45. The molecule has 2 aromatic rings. The minimum absolute atomic E-state index is 0.119. The van der Waals surface area contributed by atoms with Gasteiger partial charge in [0.05, 0.1) is 23.9 Å². The van der Waals surface area contributed by atoms with Gasteiger partial charge in [-0.2, -0.15) is 0 Å². The molecule has 2 aromatic carbocycles. The van der Waals surface area contributed by atoms with E-state index in [2.05, 4.69) is 5.32 Å². The molecule has 1 unspecified atom stereocenters. The van der Waals surface area contributed by atoms with Crippen LogP contribution in [0.3, 0.4) is 0 Å². The molecule has 0 aliphatic rings. The third kappa shape index (κ3) is 5.67. The number of benzene rings is 2. The Kier molecular flexibility index (Phi) is 7.75. The number of para-hydroxylation sites is 1. The molecule has 0 fully saturated rings. The summed E-state index contributed by atoms with van der Waals surface area (Å²) < 4.78 is 5.07. The van der Waals surface area contributed by atoms with Crippen LogP contribution in [-0.2, 0) is 14.3 Å². The summed E-state index contributed by atoms with van der Waals surface area (Å²) in [6.07, 6.45) is 0.119. The Balaban J connectivity index is 2.07. The molecular formula is C22H26N2O4. The van der Waals surface area contributed by atoms with Gasteiger partial charge in [0.15, 0.2) is 0 Å². The summed E-state index contributed by atoms with van der Waals surface area (Å²) >= 11 is 0. The number of rotatable bonds is 8.